The summed E-state index contributed by atoms with van der Waals surface area (Å²) in [6.07, 6.45) is 1.51. The van der Waals surface area contributed by atoms with E-state index in [4.69, 9.17) is 14.7 Å². The first kappa shape index (κ1) is 11.8. The molecule has 0 fully saturated rings. The van der Waals surface area contributed by atoms with Crippen molar-refractivity contribution in [2.75, 3.05) is 13.2 Å². The summed E-state index contributed by atoms with van der Waals surface area (Å²) in [6, 6.07) is 9.40. The zero-order valence-electron chi connectivity index (χ0n) is 9.87. The van der Waals surface area contributed by atoms with Crippen molar-refractivity contribution in [3.63, 3.8) is 0 Å². The van der Waals surface area contributed by atoms with Crippen molar-refractivity contribution in [3.8, 4) is 17.6 Å². The molecule has 1 aromatic heterocycles. The van der Waals surface area contributed by atoms with E-state index < -0.39 is 0 Å². The second-order valence-corrected chi connectivity index (χ2v) is 4.83. The quantitative estimate of drug-likeness (QED) is 0.834. The van der Waals surface area contributed by atoms with Crippen molar-refractivity contribution < 1.29 is 9.47 Å². The van der Waals surface area contributed by atoms with E-state index in [9.17, 15) is 0 Å². The molecule has 0 N–H and O–H groups in total. The van der Waals surface area contributed by atoms with Gasteiger partial charge in [-0.3, -0.25) is 0 Å². The lowest BCUT2D eigenvalue weighted by Crippen LogP contribution is -2.15. The zero-order chi connectivity index (χ0) is 13.1. The van der Waals surface area contributed by atoms with Crippen molar-refractivity contribution in [1.82, 2.24) is 10.2 Å². The van der Waals surface area contributed by atoms with Crippen LogP contribution in [0, 0.1) is 11.3 Å². The van der Waals surface area contributed by atoms with Gasteiger partial charge in [0.1, 0.15) is 24.3 Å². The summed E-state index contributed by atoms with van der Waals surface area (Å²) < 4.78 is 11.0. The molecule has 0 amide bonds. The molecule has 1 aromatic carbocycles. The van der Waals surface area contributed by atoms with Crippen LogP contribution in [0.15, 0.2) is 40.4 Å². The number of rotatable bonds is 2. The Balaban J connectivity index is 1.89. The van der Waals surface area contributed by atoms with Crippen molar-refractivity contribution in [2.45, 2.75) is 9.92 Å². The highest BCUT2D eigenvalue weighted by Gasteiger charge is 2.13. The molecule has 0 bridgehead atoms. The Labute approximate surface area is 114 Å². The van der Waals surface area contributed by atoms with Gasteiger partial charge in [0, 0.05) is 4.90 Å². The Morgan fingerprint density at radius 3 is 2.84 bits per heavy atom. The number of hydrogen-bond donors (Lipinski definition) is 0. The number of nitriles is 1. The average molecular weight is 271 g/mol. The third-order valence-electron chi connectivity index (χ3n) is 2.54. The fourth-order valence-corrected chi connectivity index (χ4v) is 2.51. The van der Waals surface area contributed by atoms with Crippen LogP contribution in [0.2, 0.25) is 0 Å². The van der Waals surface area contributed by atoms with Crippen LogP contribution in [0.5, 0.6) is 11.5 Å². The van der Waals surface area contributed by atoms with Gasteiger partial charge in [-0.05, 0) is 24.3 Å². The molecule has 94 valence electrons. The minimum atomic E-state index is 0.509. The average Bonchev–Trinajstić information content (AvgIpc) is 2.48. The van der Waals surface area contributed by atoms with Gasteiger partial charge < -0.3 is 9.47 Å². The molecule has 2 heterocycles. The Morgan fingerprint density at radius 2 is 2.00 bits per heavy atom. The highest BCUT2D eigenvalue weighted by Crippen LogP contribution is 2.36. The molecule has 0 spiro atoms. The number of hydrogen-bond acceptors (Lipinski definition) is 6. The summed E-state index contributed by atoms with van der Waals surface area (Å²) in [5, 5.41) is 17.4. The first-order valence-corrected chi connectivity index (χ1v) is 6.48. The lowest BCUT2D eigenvalue weighted by Gasteiger charge is -2.18. The largest absolute Gasteiger partial charge is 0.486 e. The highest BCUT2D eigenvalue weighted by atomic mass is 32.2. The summed E-state index contributed by atoms with van der Waals surface area (Å²) >= 11 is 1.38. The number of ether oxygens (including phenoxy) is 2. The molecule has 6 heteroatoms. The maximum atomic E-state index is 9.01. The molecule has 19 heavy (non-hydrogen) atoms. The van der Waals surface area contributed by atoms with Crippen LogP contribution in [-0.4, -0.2) is 23.4 Å². The Hall–Kier alpha value is -2.26. The maximum Gasteiger partial charge on any atom is 0.162 e. The Kier molecular flexibility index (Phi) is 3.21. The molecular formula is C13H9N3O2S. The normalized spacial score (nSPS) is 12.8. The number of fused-ring (bicyclic) bond motifs is 1. The third-order valence-corrected chi connectivity index (χ3v) is 3.52. The predicted octanol–water partition coefficient (Wildman–Crippen LogP) is 2.27. The third kappa shape index (κ3) is 2.46. The van der Waals surface area contributed by atoms with E-state index in [1.54, 1.807) is 6.07 Å². The smallest absolute Gasteiger partial charge is 0.162 e. The van der Waals surface area contributed by atoms with Crippen LogP contribution < -0.4 is 9.47 Å². The van der Waals surface area contributed by atoms with Gasteiger partial charge in [0.25, 0.3) is 0 Å². The molecule has 2 aromatic rings. The van der Waals surface area contributed by atoms with Crippen molar-refractivity contribution in [1.29, 1.82) is 5.26 Å². The molecule has 0 radical (unpaired) electrons. The molecule has 1 aliphatic rings. The second kappa shape index (κ2) is 5.16. The van der Waals surface area contributed by atoms with Gasteiger partial charge in [0.15, 0.2) is 11.5 Å². The number of nitrogens with zero attached hydrogens (tertiary/aromatic N) is 3. The van der Waals surface area contributed by atoms with E-state index in [0.717, 1.165) is 16.4 Å². The summed E-state index contributed by atoms with van der Waals surface area (Å²) in [7, 11) is 0. The van der Waals surface area contributed by atoms with Gasteiger partial charge >= 0.3 is 0 Å². The minimum Gasteiger partial charge on any atom is -0.486 e. The predicted molar refractivity (Wildman–Crippen MR) is 68.3 cm³/mol. The van der Waals surface area contributed by atoms with E-state index in [0.29, 0.717) is 23.8 Å². The first-order chi connectivity index (χ1) is 9.36. The summed E-state index contributed by atoms with van der Waals surface area (Å²) in [5.41, 5.74) is 0.509. The Bertz CT molecular complexity index is 655. The number of aromatic nitrogens is 2. The molecule has 0 aliphatic carbocycles. The summed E-state index contributed by atoms with van der Waals surface area (Å²) in [5.74, 6) is 1.47. The van der Waals surface area contributed by atoms with Crippen LogP contribution in [0.25, 0.3) is 0 Å². The monoisotopic (exact) mass is 271 g/mol. The van der Waals surface area contributed by atoms with Gasteiger partial charge in [-0.2, -0.15) is 10.4 Å². The van der Waals surface area contributed by atoms with Crippen molar-refractivity contribution in [2.24, 2.45) is 0 Å². The standard InChI is InChI=1S/C13H9N3O2S/c14-8-9-3-4-15-16-13(9)19-10-1-2-11-12(7-10)18-6-5-17-11/h1-4,7H,5-6H2. The van der Waals surface area contributed by atoms with Crippen LogP contribution in [0.1, 0.15) is 5.56 Å². The molecule has 3 rings (SSSR count). The topological polar surface area (TPSA) is 68.0 Å². The van der Waals surface area contributed by atoms with Crippen LogP contribution >= 0.6 is 11.8 Å². The summed E-state index contributed by atoms with van der Waals surface area (Å²) in [4.78, 5) is 0.932. The van der Waals surface area contributed by atoms with E-state index in [2.05, 4.69) is 16.3 Å². The van der Waals surface area contributed by atoms with Crippen LogP contribution in [0.3, 0.4) is 0 Å². The van der Waals surface area contributed by atoms with E-state index in [1.165, 1.54) is 18.0 Å². The SMILES string of the molecule is N#Cc1ccnnc1Sc1ccc2c(c1)OCCO2. The minimum absolute atomic E-state index is 0.509. The molecule has 0 unspecified atom stereocenters. The lowest BCUT2D eigenvalue weighted by molar-refractivity contribution is 0.171. The van der Waals surface area contributed by atoms with Crippen LogP contribution in [-0.2, 0) is 0 Å². The zero-order valence-corrected chi connectivity index (χ0v) is 10.7. The van der Waals surface area contributed by atoms with Crippen molar-refractivity contribution >= 4 is 11.8 Å². The maximum absolute atomic E-state index is 9.01. The van der Waals surface area contributed by atoms with Gasteiger partial charge in [-0.15, -0.1) is 5.10 Å². The highest BCUT2D eigenvalue weighted by molar-refractivity contribution is 7.99. The van der Waals surface area contributed by atoms with E-state index in [1.807, 2.05) is 18.2 Å². The molecule has 1 aliphatic heterocycles. The molecule has 5 nitrogen and oxygen atoms in total. The Morgan fingerprint density at radius 1 is 1.16 bits per heavy atom. The van der Waals surface area contributed by atoms with Gasteiger partial charge in [0.2, 0.25) is 0 Å². The molecule has 0 atom stereocenters. The number of benzene rings is 1. The molecule has 0 saturated heterocycles. The molecule has 0 saturated carbocycles. The van der Waals surface area contributed by atoms with E-state index >= 15 is 0 Å². The van der Waals surface area contributed by atoms with Crippen molar-refractivity contribution in [3.05, 3.63) is 36.0 Å². The van der Waals surface area contributed by atoms with Crippen LogP contribution in [0.4, 0.5) is 0 Å². The fraction of sp³-hybridized carbons (Fsp3) is 0.154. The second-order valence-electron chi connectivity index (χ2n) is 3.77. The van der Waals surface area contributed by atoms with Gasteiger partial charge in [-0.1, -0.05) is 11.8 Å². The lowest BCUT2D eigenvalue weighted by atomic mass is 10.3. The fourth-order valence-electron chi connectivity index (χ4n) is 1.68. The van der Waals surface area contributed by atoms with Gasteiger partial charge in [-0.25, -0.2) is 0 Å². The molecular weight excluding hydrogens is 262 g/mol. The van der Waals surface area contributed by atoms with Gasteiger partial charge in [0.05, 0.1) is 11.8 Å². The van der Waals surface area contributed by atoms with E-state index in [-0.39, 0.29) is 0 Å². The first-order valence-electron chi connectivity index (χ1n) is 5.66. The summed E-state index contributed by atoms with van der Waals surface area (Å²) in [6.45, 7) is 1.12.